The van der Waals surface area contributed by atoms with Crippen LogP contribution in [0.25, 0.3) is 0 Å². The molecular formula is C24H41IN4O2. The molecule has 2 saturated heterocycles. The van der Waals surface area contributed by atoms with Crippen LogP contribution >= 0.6 is 24.0 Å². The molecule has 1 aromatic rings. The SMILES string of the molecule is CCNC(=NCc1ccccc1OC(C)(C)C)NCC1(N2CCCC2)CCOCC1.I. The maximum Gasteiger partial charge on any atom is 0.191 e. The van der Waals surface area contributed by atoms with Gasteiger partial charge in [-0.25, -0.2) is 4.99 Å². The first-order valence-electron chi connectivity index (χ1n) is 11.5. The van der Waals surface area contributed by atoms with Crippen LogP contribution < -0.4 is 15.4 Å². The Kier molecular flexibility index (Phi) is 10.4. The lowest BCUT2D eigenvalue weighted by Crippen LogP contribution is -2.58. The third-order valence-electron chi connectivity index (χ3n) is 5.93. The lowest BCUT2D eigenvalue weighted by molar-refractivity contribution is -0.0164. The van der Waals surface area contributed by atoms with Gasteiger partial charge in [0.2, 0.25) is 0 Å². The standard InChI is InChI=1S/C24H40N4O2.HI/c1-5-25-22(26-18-20-10-6-7-11-21(20)30-23(2,3)4)27-19-24(12-16-29-17-13-24)28-14-8-9-15-28;/h6-7,10-11H,5,8-9,12-19H2,1-4H3,(H2,25,26,27);1H. The molecule has 2 fully saturated rings. The molecule has 0 amide bonds. The van der Waals surface area contributed by atoms with Crippen molar-refractivity contribution in [1.82, 2.24) is 15.5 Å². The van der Waals surface area contributed by atoms with Crippen LogP contribution in [0.2, 0.25) is 0 Å². The van der Waals surface area contributed by atoms with Crippen molar-refractivity contribution >= 4 is 29.9 Å². The van der Waals surface area contributed by atoms with E-state index in [-0.39, 0.29) is 35.1 Å². The molecule has 0 aromatic heterocycles. The minimum absolute atomic E-state index is 0. The highest BCUT2D eigenvalue weighted by Crippen LogP contribution is 2.30. The Morgan fingerprint density at radius 3 is 2.45 bits per heavy atom. The molecule has 0 saturated carbocycles. The Labute approximate surface area is 205 Å². The normalized spacial score (nSPS) is 19.5. The Hall–Kier alpha value is -1.06. The quantitative estimate of drug-likeness (QED) is 0.307. The van der Waals surface area contributed by atoms with Crippen LogP contribution in [0.3, 0.4) is 0 Å². The highest BCUT2D eigenvalue weighted by Gasteiger charge is 2.39. The summed E-state index contributed by atoms with van der Waals surface area (Å²) in [5, 5.41) is 7.06. The van der Waals surface area contributed by atoms with Gasteiger partial charge in [0.05, 0.1) is 6.54 Å². The number of nitrogens with zero attached hydrogens (tertiary/aromatic N) is 2. The fraction of sp³-hybridized carbons (Fsp3) is 0.708. The predicted molar refractivity (Wildman–Crippen MR) is 139 cm³/mol. The molecule has 2 aliphatic rings. The van der Waals surface area contributed by atoms with Crippen molar-refractivity contribution in [3.05, 3.63) is 29.8 Å². The van der Waals surface area contributed by atoms with E-state index in [2.05, 4.69) is 49.3 Å². The van der Waals surface area contributed by atoms with Crippen molar-refractivity contribution in [2.24, 2.45) is 4.99 Å². The van der Waals surface area contributed by atoms with E-state index in [1.807, 2.05) is 18.2 Å². The van der Waals surface area contributed by atoms with Crippen LogP contribution in [0, 0.1) is 0 Å². The highest BCUT2D eigenvalue weighted by atomic mass is 127. The number of halogens is 1. The number of hydrogen-bond donors (Lipinski definition) is 2. The molecule has 31 heavy (non-hydrogen) atoms. The number of ether oxygens (including phenoxy) is 2. The van der Waals surface area contributed by atoms with Gasteiger partial charge in [-0.3, -0.25) is 4.90 Å². The summed E-state index contributed by atoms with van der Waals surface area (Å²) < 4.78 is 11.8. The summed E-state index contributed by atoms with van der Waals surface area (Å²) in [7, 11) is 0. The minimum atomic E-state index is -0.228. The monoisotopic (exact) mass is 544 g/mol. The van der Waals surface area contributed by atoms with Gasteiger partial charge in [-0.15, -0.1) is 24.0 Å². The van der Waals surface area contributed by atoms with Gasteiger partial charge < -0.3 is 20.1 Å². The largest absolute Gasteiger partial charge is 0.488 e. The predicted octanol–water partition coefficient (Wildman–Crippen LogP) is 4.18. The third kappa shape index (κ3) is 7.79. The first-order chi connectivity index (χ1) is 14.4. The summed E-state index contributed by atoms with van der Waals surface area (Å²) in [6.45, 7) is 14.8. The van der Waals surface area contributed by atoms with Crippen LogP contribution in [0.15, 0.2) is 29.3 Å². The van der Waals surface area contributed by atoms with Crippen LogP contribution in [-0.4, -0.2) is 61.4 Å². The Bertz CT molecular complexity index is 693. The van der Waals surface area contributed by atoms with Crippen LogP contribution in [0.4, 0.5) is 0 Å². The highest BCUT2D eigenvalue weighted by molar-refractivity contribution is 14.0. The summed E-state index contributed by atoms with van der Waals surface area (Å²) >= 11 is 0. The number of nitrogens with one attached hydrogen (secondary N) is 2. The first kappa shape index (κ1) is 26.2. The molecule has 2 heterocycles. The molecule has 2 aliphatic heterocycles. The van der Waals surface area contributed by atoms with Crippen molar-refractivity contribution in [3.8, 4) is 5.75 Å². The van der Waals surface area contributed by atoms with Crippen molar-refractivity contribution in [3.63, 3.8) is 0 Å². The van der Waals surface area contributed by atoms with Gasteiger partial charge in [-0.1, -0.05) is 18.2 Å². The molecule has 0 radical (unpaired) electrons. The fourth-order valence-corrected chi connectivity index (χ4v) is 4.37. The molecule has 7 heteroatoms. The zero-order valence-corrected chi connectivity index (χ0v) is 22.0. The second-order valence-corrected chi connectivity index (χ2v) is 9.40. The molecule has 0 unspecified atom stereocenters. The third-order valence-corrected chi connectivity index (χ3v) is 5.93. The maximum atomic E-state index is 6.13. The molecule has 3 rings (SSSR count). The van der Waals surface area contributed by atoms with Gasteiger partial charge in [0, 0.05) is 37.4 Å². The summed E-state index contributed by atoms with van der Waals surface area (Å²) in [5.41, 5.74) is 1.05. The van der Waals surface area contributed by atoms with E-state index in [0.717, 1.165) is 56.4 Å². The van der Waals surface area contributed by atoms with Crippen LogP contribution in [0.1, 0.15) is 58.9 Å². The Balaban J connectivity index is 0.00000341. The molecule has 0 spiro atoms. The number of likely N-dealkylation sites (tertiary alicyclic amines) is 1. The summed E-state index contributed by atoms with van der Waals surface area (Å²) in [4.78, 5) is 7.56. The molecule has 0 aliphatic carbocycles. The van der Waals surface area contributed by atoms with E-state index in [0.29, 0.717) is 6.54 Å². The second-order valence-electron chi connectivity index (χ2n) is 9.40. The van der Waals surface area contributed by atoms with Crippen LogP contribution in [0.5, 0.6) is 5.75 Å². The lowest BCUT2D eigenvalue weighted by atomic mass is 9.88. The topological polar surface area (TPSA) is 58.1 Å². The lowest BCUT2D eigenvalue weighted by Gasteiger charge is -2.45. The number of para-hydroxylation sites is 1. The minimum Gasteiger partial charge on any atom is -0.488 e. The molecule has 0 atom stereocenters. The van der Waals surface area contributed by atoms with Gasteiger partial charge in [0.15, 0.2) is 5.96 Å². The number of rotatable bonds is 7. The maximum absolute atomic E-state index is 6.13. The number of guanidine groups is 1. The zero-order chi connectivity index (χ0) is 21.5. The smallest absolute Gasteiger partial charge is 0.191 e. The molecule has 2 N–H and O–H groups in total. The average molecular weight is 545 g/mol. The van der Waals surface area contributed by atoms with E-state index in [4.69, 9.17) is 14.5 Å². The van der Waals surface area contributed by atoms with Gasteiger partial charge in [-0.2, -0.15) is 0 Å². The fourth-order valence-electron chi connectivity index (χ4n) is 4.37. The zero-order valence-electron chi connectivity index (χ0n) is 19.7. The summed E-state index contributed by atoms with van der Waals surface area (Å²) in [6, 6.07) is 8.19. The first-order valence-corrected chi connectivity index (χ1v) is 11.5. The van der Waals surface area contributed by atoms with Crippen molar-refractivity contribution in [2.75, 3.05) is 39.4 Å². The van der Waals surface area contributed by atoms with E-state index in [1.54, 1.807) is 0 Å². The van der Waals surface area contributed by atoms with E-state index < -0.39 is 0 Å². The van der Waals surface area contributed by atoms with Gasteiger partial charge in [0.25, 0.3) is 0 Å². The summed E-state index contributed by atoms with van der Waals surface area (Å²) in [6.07, 6.45) is 4.78. The number of hydrogen-bond acceptors (Lipinski definition) is 4. The molecule has 176 valence electrons. The Morgan fingerprint density at radius 1 is 1.13 bits per heavy atom. The molecule has 1 aromatic carbocycles. The van der Waals surface area contributed by atoms with Gasteiger partial charge >= 0.3 is 0 Å². The van der Waals surface area contributed by atoms with E-state index >= 15 is 0 Å². The van der Waals surface area contributed by atoms with Crippen LogP contribution in [-0.2, 0) is 11.3 Å². The number of aliphatic imine (C=N–C) groups is 1. The second kappa shape index (κ2) is 12.3. The summed E-state index contributed by atoms with van der Waals surface area (Å²) in [5.74, 6) is 1.77. The molecule has 0 bridgehead atoms. The average Bonchev–Trinajstić information content (AvgIpc) is 3.26. The van der Waals surface area contributed by atoms with Crippen molar-refractivity contribution in [2.45, 2.75) is 71.1 Å². The van der Waals surface area contributed by atoms with E-state index in [1.165, 1.54) is 25.9 Å². The van der Waals surface area contributed by atoms with Crippen molar-refractivity contribution in [1.29, 1.82) is 0 Å². The van der Waals surface area contributed by atoms with Gasteiger partial charge in [0.1, 0.15) is 11.4 Å². The molecular weight excluding hydrogens is 503 g/mol. The Morgan fingerprint density at radius 2 is 1.81 bits per heavy atom. The number of benzene rings is 1. The van der Waals surface area contributed by atoms with Gasteiger partial charge in [-0.05, 0) is 72.5 Å². The molecule has 6 nitrogen and oxygen atoms in total. The van der Waals surface area contributed by atoms with Crippen molar-refractivity contribution < 1.29 is 9.47 Å². The van der Waals surface area contributed by atoms with E-state index in [9.17, 15) is 0 Å².